The minimum absolute atomic E-state index is 0.259. The maximum Gasteiger partial charge on any atom is 0.166 e. The van der Waals surface area contributed by atoms with Gasteiger partial charge < -0.3 is 15.4 Å². The van der Waals surface area contributed by atoms with Crippen LogP contribution in [0.25, 0.3) is 0 Å². The van der Waals surface area contributed by atoms with Crippen LogP contribution in [-0.2, 0) is 4.74 Å². The van der Waals surface area contributed by atoms with Crippen LogP contribution in [0.1, 0.15) is 52.9 Å². The highest BCUT2D eigenvalue weighted by molar-refractivity contribution is 7.80. The molecule has 0 amide bonds. The molecule has 2 N–H and O–H groups in total. The van der Waals surface area contributed by atoms with E-state index in [1.54, 1.807) is 7.11 Å². The summed E-state index contributed by atoms with van der Waals surface area (Å²) in [6, 6.07) is 0.259. The van der Waals surface area contributed by atoms with Gasteiger partial charge in [0, 0.05) is 19.7 Å². The molecule has 1 rings (SSSR count). The summed E-state index contributed by atoms with van der Waals surface area (Å²) in [5, 5.41) is 7.46. The molecule has 1 atom stereocenters. The van der Waals surface area contributed by atoms with Crippen molar-refractivity contribution in [2.45, 2.75) is 58.9 Å². The van der Waals surface area contributed by atoms with Crippen LogP contribution >= 0.6 is 12.2 Å². The molecule has 1 saturated carbocycles. The zero-order chi connectivity index (χ0) is 14.3. The van der Waals surface area contributed by atoms with Gasteiger partial charge in [-0.15, -0.1) is 0 Å². The lowest BCUT2D eigenvalue weighted by Crippen LogP contribution is -2.46. The van der Waals surface area contributed by atoms with E-state index in [2.05, 4.69) is 31.4 Å². The van der Waals surface area contributed by atoms with E-state index < -0.39 is 0 Å². The number of rotatable bonds is 7. The van der Waals surface area contributed by atoms with E-state index >= 15 is 0 Å². The monoisotopic (exact) mass is 286 g/mol. The van der Waals surface area contributed by atoms with E-state index in [0.717, 1.165) is 17.6 Å². The lowest BCUT2D eigenvalue weighted by molar-refractivity contribution is 0.178. The third-order valence-corrected chi connectivity index (χ3v) is 4.19. The van der Waals surface area contributed by atoms with Crippen molar-refractivity contribution < 1.29 is 4.74 Å². The number of ether oxygens (including phenoxy) is 1. The van der Waals surface area contributed by atoms with Crippen molar-refractivity contribution in [3.8, 4) is 0 Å². The Hall–Kier alpha value is -0.350. The molecule has 4 heteroatoms. The maximum atomic E-state index is 5.36. The van der Waals surface area contributed by atoms with Gasteiger partial charge >= 0.3 is 0 Å². The number of hydrogen-bond acceptors (Lipinski definition) is 2. The molecule has 0 spiro atoms. The van der Waals surface area contributed by atoms with E-state index in [-0.39, 0.29) is 6.04 Å². The summed E-state index contributed by atoms with van der Waals surface area (Å²) in [5.74, 6) is 0.758. The first-order valence-corrected chi connectivity index (χ1v) is 7.91. The molecular formula is C15H30N2OS. The van der Waals surface area contributed by atoms with Gasteiger partial charge in [-0.05, 0) is 49.7 Å². The molecule has 0 bridgehead atoms. The Balaban J connectivity index is 2.37. The second-order valence-electron chi connectivity index (χ2n) is 6.49. The van der Waals surface area contributed by atoms with Crippen molar-refractivity contribution in [2.24, 2.45) is 11.3 Å². The first kappa shape index (κ1) is 16.7. The Bertz CT molecular complexity index is 275. The van der Waals surface area contributed by atoms with Gasteiger partial charge in [-0.25, -0.2) is 0 Å². The first-order chi connectivity index (χ1) is 8.97. The van der Waals surface area contributed by atoms with E-state index in [9.17, 15) is 0 Å². The maximum absolute atomic E-state index is 5.36. The van der Waals surface area contributed by atoms with Crippen LogP contribution in [0.3, 0.4) is 0 Å². The molecule has 1 aliphatic carbocycles. The molecule has 1 unspecified atom stereocenters. The van der Waals surface area contributed by atoms with E-state index in [1.807, 2.05) is 0 Å². The summed E-state index contributed by atoms with van der Waals surface area (Å²) in [6.07, 6.45) is 6.72. The number of methoxy groups -OCH3 is 1. The van der Waals surface area contributed by atoms with Crippen LogP contribution < -0.4 is 10.6 Å². The predicted molar refractivity (Wildman–Crippen MR) is 85.4 cm³/mol. The molecule has 3 nitrogen and oxygen atoms in total. The third kappa shape index (κ3) is 6.09. The lowest BCUT2D eigenvalue weighted by atomic mass is 9.78. The molecule has 1 aliphatic rings. The summed E-state index contributed by atoms with van der Waals surface area (Å²) in [6.45, 7) is 8.40. The van der Waals surface area contributed by atoms with Crippen molar-refractivity contribution in [3.05, 3.63) is 0 Å². The average Bonchev–Trinajstić information content (AvgIpc) is 2.75. The van der Waals surface area contributed by atoms with Gasteiger partial charge in [0.15, 0.2) is 5.11 Å². The summed E-state index contributed by atoms with van der Waals surface area (Å²) >= 11 is 5.36. The normalized spacial score (nSPS) is 19.4. The molecule has 1 fully saturated rings. The summed E-state index contributed by atoms with van der Waals surface area (Å²) in [5.41, 5.74) is 0.463. The second kappa shape index (κ2) is 8.05. The largest absolute Gasteiger partial charge is 0.383 e. The Morgan fingerprint density at radius 1 is 1.26 bits per heavy atom. The van der Waals surface area contributed by atoms with Gasteiger partial charge in [0.1, 0.15) is 0 Å². The molecule has 0 aromatic rings. The summed E-state index contributed by atoms with van der Waals surface area (Å²) in [4.78, 5) is 0. The molecule has 0 aromatic heterocycles. The van der Waals surface area contributed by atoms with Crippen LogP contribution in [0.4, 0.5) is 0 Å². The average molecular weight is 286 g/mol. The quantitative estimate of drug-likeness (QED) is 0.705. The fourth-order valence-corrected chi connectivity index (χ4v) is 3.55. The predicted octanol–water partition coefficient (Wildman–Crippen LogP) is 3.09. The highest BCUT2D eigenvalue weighted by Crippen LogP contribution is 2.42. The molecule has 112 valence electrons. The van der Waals surface area contributed by atoms with Crippen LogP contribution in [0.2, 0.25) is 0 Å². The number of nitrogens with one attached hydrogen (secondary N) is 2. The number of thiocarbonyl (C=S) groups is 1. The van der Waals surface area contributed by atoms with Crippen molar-refractivity contribution in [3.63, 3.8) is 0 Å². The van der Waals surface area contributed by atoms with Gasteiger partial charge in [-0.1, -0.05) is 26.7 Å². The fourth-order valence-electron chi connectivity index (χ4n) is 3.28. The lowest BCUT2D eigenvalue weighted by Gasteiger charge is -2.32. The van der Waals surface area contributed by atoms with Crippen LogP contribution in [0.15, 0.2) is 0 Å². The van der Waals surface area contributed by atoms with Crippen molar-refractivity contribution in [2.75, 3.05) is 20.3 Å². The molecular weight excluding hydrogens is 256 g/mol. The van der Waals surface area contributed by atoms with Crippen molar-refractivity contribution in [1.82, 2.24) is 10.6 Å². The summed E-state index contributed by atoms with van der Waals surface area (Å²) in [7, 11) is 1.71. The molecule has 0 aliphatic heterocycles. The minimum Gasteiger partial charge on any atom is -0.383 e. The van der Waals surface area contributed by atoms with Crippen LogP contribution in [0.5, 0.6) is 0 Å². The molecule has 0 aromatic carbocycles. The van der Waals surface area contributed by atoms with Gasteiger partial charge in [-0.3, -0.25) is 0 Å². The van der Waals surface area contributed by atoms with Gasteiger partial charge in [0.05, 0.1) is 6.61 Å². The Morgan fingerprint density at radius 3 is 2.42 bits per heavy atom. The van der Waals surface area contributed by atoms with Crippen LogP contribution in [0, 0.1) is 11.3 Å². The molecule has 0 heterocycles. The van der Waals surface area contributed by atoms with Crippen molar-refractivity contribution >= 4 is 17.3 Å². The van der Waals surface area contributed by atoms with E-state index in [0.29, 0.717) is 12.0 Å². The van der Waals surface area contributed by atoms with E-state index in [1.165, 1.54) is 32.1 Å². The highest BCUT2D eigenvalue weighted by atomic mass is 32.1. The van der Waals surface area contributed by atoms with E-state index in [4.69, 9.17) is 17.0 Å². The standard InChI is InChI=1S/C15H30N2OS/c1-12(2)9-15(7-5-6-8-15)11-16-14(19)17-13(3)10-18-4/h12-13H,5-11H2,1-4H3,(H2,16,17,19). The zero-order valence-corrected chi connectivity index (χ0v) is 13.7. The topological polar surface area (TPSA) is 33.3 Å². The Labute approximate surface area is 123 Å². The minimum atomic E-state index is 0.259. The number of hydrogen-bond donors (Lipinski definition) is 2. The smallest absolute Gasteiger partial charge is 0.166 e. The molecule has 19 heavy (non-hydrogen) atoms. The van der Waals surface area contributed by atoms with Gasteiger partial charge in [0.25, 0.3) is 0 Å². The first-order valence-electron chi connectivity index (χ1n) is 7.51. The van der Waals surface area contributed by atoms with Crippen molar-refractivity contribution in [1.29, 1.82) is 0 Å². The third-order valence-electron chi connectivity index (χ3n) is 3.92. The second-order valence-corrected chi connectivity index (χ2v) is 6.90. The molecule has 0 saturated heterocycles. The summed E-state index contributed by atoms with van der Waals surface area (Å²) < 4.78 is 5.10. The SMILES string of the molecule is COCC(C)NC(=S)NCC1(CC(C)C)CCCC1. The molecule has 0 radical (unpaired) electrons. The Kier molecular flexibility index (Phi) is 7.08. The van der Waals surface area contributed by atoms with Gasteiger partial charge in [-0.2, -0.15) is 0 Å². The Morgan fingerprint density at radius 2 is 1.89 bits per heavy atom. The fraction of sp³-hybridized carbons (Fsp3) is 0.933. The van der Waals surface area contributed by atoms with Crippen LogP contribution in [-0.4, -0.2) is 31.4 Å². The van der Waals surface area contributed by atoms with Gasteiger partial charge in [0.2, 0.25) is 0 Å². The highest BCUT2D eigenvalue weighted by Gasteiger charge is 2.34. The zero-order valence-electron chi connectivity index (χ0n) is 12.9.